The Bertz CT molecular complexity index is 674. The van der Waals surface area contributed by atoms with Crippen molar-refractivity contribution in [2.45, 2.75) is 32.7 Å². The largest absolute Gasteiger partial charge is 0.495 e. The minimum atomic E-state index is 0.388. The molecule has 122 valence electrons. The van der Waals surface area contributed by atoms with Gasteiger partial charge in [0, 0.05) is 30.9 Å². The maximum absolute atomic E-state index is 5.47. The van der Waals surface area contributed by atoms with Crippen molar-refractivity contribution >= 4 is 11.5 Å². The van der Waals surface area contributed by atoms with Crippen molar-refractivity contribution in [2.24, 2.45) is 0 Å². The van der Waals surface area contributed by atoms with E-state index in [9.17, 15) is 0 Å². The molecule has 1 aromatic heterocycles. The molecule has 2 aromatic rings. The van der Waals surface area contributed by atoms with E-state index in [1.54, 1.807) is 7.11 Å². The Balaban J connectivity index is 1.69. The van der Waals surface area contributed by atoms with Crippen LogP contribution in [0.25, 0.3) is 0 Å². The van der Waals surface area contributed by atoms with Gasteiger partial charge in [-0.15, -0.1) is 0 Å². The molecule has 0 spiro atoms. The van der Waals surface area contributed by atoms with Crippen LogP contribution in [0.1, 0.15) is 24.9 Å². The van der Waals surface area contributed by atoms with Crippen molar-refractivity contribution in [1.82, 2.24) is 9.97 Å². The summed E-state index contributed by atoms with van der Waals surface area (Å²) in [6.45, 7) is 6.03. The summed E-state index contributed by atoms with van der Waals surface area (Å²) in [5, 5.41) is 3.56. The molecule has 1 unspecified atom stereocenters. The molecule has 0 radical (unpaired) electrons. The zero-order valence-corrected chi connectivity index (χ0v) is 14.0. The summed E-state index contributed by atoms with van der Waals surface area (Å²) < 4.78 is 5.47. The first kappa shape index (κ1) is 15.6. The fourth-order valence-corrected chi connectivity index (χ4v) is 3.08. The number of rotatable bonds is 5. The summed E-state index contributed by atoms with van der Waals surface area (Å²) in [6, 6.07) is 10.6. The third-order valence-corrected chi connectivity index (χ3v) is 4.22. The number of hydrogen-bond acceptors (Lipinski definition) is 5. The molecular weight excluding hydrogens is 288 g/mol. The molecule has 1 aliphatic rings. The molecule has 1 saturated heterocycles. The molecule has 0 bridgehead atoms. The van der Waals surface area contributed by atoms with Crippen LogP contribution in [-0.4, -0.2) is 36.2 Å². The molecule has 0 saturated carbocycles. The van der Waals surface area contributed by atoms with Gasteiger partial charge < -0.3 is 15.0 Å². The number of para-hydroxylation sites is 2. The molecule has 1 fully saturated rings. The molecule has 3 rings (SSSR count). The zero-order valence-electron chi connectivity index (χ0n) is 14.0. The topological polar surface area (TPSA) is 50.3 Å². The van der Waals surface area contributed by atoms with Gasteiger partial charge in [-0.1, -0.05) is 19.1 Å². The van der Waals surface area contributed by atoms with E-state index in [0.29, 0.717) is 6.04 Å². The van der Waals surface area contributed by atoms with Crippen molar-refractivity contribution in [2.75, 3.05) is 30.4 Å². The van der Waals surface area contributed by atoms with Crippen LogP contribution < -0.4 is 15.0 Å². The van der Waals surface area contributed by atoms with Gasteiger partial charge in [0.15, 0.2) is 0 Å². The minimum absolute atomic E-state index is 0.388. The highest BCUT2D eigenvalue weighted by atomic mass is 16.5. The first-order valence-corrected chi connectivity index (χ1v) is 8.18. The zero-order chi connectivity index (χ0) is 16.2. The summed E-state index contributed by atoms with van der Waals surface area (Å²) in [5.41, 5.74) is 2.24. The van der Waals surface area contributed by atoms with Crippen molar-refractivity contribution in [1.29, 1.82) is 0 Å². The Morgan fingerprint density at radius 1 is 1.30 bits per heavy atom. The standard InChI is InChI=1S/C18H24N4O/c1-4-14-11-18(20-13(2)19-14)21-15-9-10-22(12-15)16-7-5-6-8-17(16)23-3/h5-8,11,15H,4,9-10,12H2,1-3H3,(H,19,20,21). The third kappa shape index (κ3) is 3.55. The van der Waals surface area contributed by atoms with Crippen LogP contribution in [0, 0.1) is 6.92 Å². The fraction of sp³-hybridized carbons (Fsp3) is 0.444. The minimum Gasteiger partial charge on any atom is -0.495 e. The van der Waals surface area contributed by atoms with E-state index in [2.05, 4.69) is 45.3 Å². The summed E-state index contributed by atoms with van der Waals surface area (Å²) in [5.74, 6) is 2.69. The van der Waals surface area contributed by atoms with Crippen LogP contribution in [0.4, 0.5) is 11.5 Å². The first-order chi connectivity index (χ1) is 11.2. The van der Waals surface area contributed by atoms with E-state index < -0.39 is 0 Å². The second-order valence-corrected chi connectivity index (χ2v) is 5.89. The molecule has 0 aliphatic carbocycles. The summed E-state index contributed by atoms with van der Waals surface area (Å²) in [4.78, 5) is 11.3. The molecule has 1 N–H and O–H groups in total. The van der Waals surface area contributed by atoms with Gasteiger partial charge in [-0.25, -0.2) is 9.97 Å². The molecule has 5 heteroatoms. The van der Waals surface area contributed by atoms with Crippen molar-refractivity contribution in [3.63, 3.8) is 0 Å². The molecule has 5 nitrogen and oxygen atoms in total. The van der Waals surface area contributed by atoms with Gasteiger partial charge in [-0.2, -0.15) is 0 Å². The van der Waals surface area contributed by atoms with Gasteiger partial charge in [0.1, 0.15) is 17.4 Å². The maximum Gasteiger partial charge on any atom is 0.142 e. The lowest BCUT2D eigenvalue weighted by atomic mass is 10.2. The monoisotopic (exact) mass is 312 g/mol. The average Bonchev–Trinajstić information content (AvgIpc) is 3.02. The number of anilines is 2. The van der Waals surface area contributed by atoms with Crippen LogP contribution in [0.2, 0.25) is 0 Å². The molecular formula is C18H24N4O. The van der Waals surface area contributed by atoms with Crippen molar-refractivity contribution in [3.05, 3.63) is 41.9 Å². The highest BCUT2D eigenvalue weighted by molar-refractivity contribution is 5.59. The van der Waals surface area contributed by atoms with E-state index >= 15 is 0 Å². The average molecular weight is 312 g/mol. The van der Waals surface area contributed by atoms with Crippen LogP contribution in [0.5, 0.6) is 5.75 Å². The van der Waals surface area contributed by atoms with Gasteiger partial charge in [0.25, 0.3) is 0 Å². The van der Waals surface area contributed by atoms with Gasteiger partial charge in [0.05, 0.1) is 12.8 Å². The number of benzene rings is 1. The van der Waals surface area contributed by atoms with E-state index in [1.165, 1.54) is 0 Å². The molecule has 2 heterocycles. The number of ether oxygens (including phenoxy) is 1. The number of methoxy groups -OCH3 is 1. The molecule has 1 atom stereocenters. The number of aryl methyl sites for hydroxylation is 2. The highest BCUT2D eigenvalue weighted by Gasteiger charge is 2.24. The SMILES string of the molecule is CCc1cc(NC2CCN(c3ccccc3OC)C2)nc(C)n1. The smallest absolute Gasteiger partial charge is 0.142 e. The van der Waals surface area contributed by atoms with Crippen molar-refractivity contribution < 1.29 is 4.74 Å². The molecule has 23 heavy (non-hydrogen) atoms. The summed E-state index contributed by atoms with van der Waals surface area (Å²) >= 11 is 0. The number of hydrogen-bond donors (Lipinski definition) is 1. The quantitative estimate of drug-likeness (QED) is 0.919. The normalized spacial score (nSPS) is 17.3. The lowest BCUT2D eigenvalue weighted by molar-refractivity contribution is 0.415. The van der Waals surface area contributed by atoms with Crippen molar-refractivity contribution in [3.8, 4) is 5.75 Å². The Hall–Kier alpha value is -2.30. The predicted octanol–water partition coefficient (Wildman–Crippen LogP) is 3.05. The highest BCUT2D eigenvalue weighted by Crippen LogP contribution is 2.30. The van der Waals surface area contributed by atoms with Crippen LogP contribution in [0.15, 0.2) is 30.3 Å². The first-order valence-electron chi connectivity index (χ1n) is 8.18. The number of aromatic nitrogens is 2. The number of nitrogens with zero attached hydrogens (tertiary/aromatic N) is 3. The molecule has 1 aromatic carbocycles. The van der Waals surface area contributed by atoms with E-state index in [1.807, 2.05) is 19.1 Å². The Morgan fingerprint density at radius 2 is 2.13 bits per heavy atom. The van der Waals surface area contributed by atoms with Crippen LogP contribution >= 0.6 is 0 Å². The Morgan fingerprint density at radius 3 is 2.91 bits per heavy atom. The van der Waals surface area contributed by atoms with Crippen LogP contribution in [-0.2, 0) is 6.42 Å². The summed E-state index contributed by atoms with van der Waals surface area (Å²) in [7, 11) is 1.72. The predicted molar refractivity (Wildman–Crippen MR) is 93.4 cm³/mol. The van der Waals surface area contributed by atoms with Gasteiger partial charge >= 0.3 is 0 Å². The second kappa shape index (κ2) is 6.86. The lowest BCUT2D eigenvalue weighted by Crippen LogP contribution is -2.26. The molecule has 1 aliphatic heterocycles. The Labute approximate surface area is 137 Å². The maximum atomic E-state index is 5.47. The Kier molecular flexibility index (Phi) is 4.65. The van der Waals surface area contributed by atoms with Gasteiger partial charge in [-0.05, 0) is 31.9 Å². The van der Waals surface area contributed by atoms with Crippen LogP contribution in [0.3, 0.4) is 0 Å². The van der Waals surface area contributed by atoms with Gasteiger partial charge in [0.2, 0.25) is 0 Å². The second-order valence-electron chi connectivity index (χ2n) is 5.89. The number of nitrogens with one attached hydrogen (secondary N) is 1. The van der Waals surface area contributed by atoms with E-state index in [-0.39, 0.29) is 0 Å². The van der Waals surface area contributed by atoms with E-state index in [0.717, 1.165) is 54.7 Å². The van der Waals surface area contributed by atoms with E-state index in [4.69, 9.17) is 4.74 Å². The van der Waals surface area contributed by atoms with Gasteiger partial charge in [-0.3, -0.25) is 0 Å². The molecule has 0 amide bonds. The third-order valence-electron chi connectivity index (χ3n) is 4.22. The fourth-order valence-electron chi connectivity index (χ4n) is 3.08. The lowest BCUT2D eigenvalue weighted by Gasteiger charge is -2.21. The summed E-state index contributed by atoms with van der Waals surface area (Å²) in [6.07, 6.45) is 2.01.